The minimum Gasteiger partial charge on any atom is -0.502 e. The van der Waals surface area contributed by atoms with E-state index in [0.717, 1.165) is 0 Å². The van der Waals surface area contributed by atoms with Crippen molar-refractivity contribution in [2.45, 2.75) is 13.8 Å². The van der Waals surface area contributed by atoms with E-state index in [0.29, 0.717) is 21.3 Å². The number of carbonyl (C=O) groups excluding carboxylic acids is 1. The number of nitro benzene ring substituents is 1. The lowest BCUT2D eigenvalue weighted by atomic mass is 10.1. The second-order valence-electron chi connectivity index (χ2n) is 5.19. The molecular formula is C14H14N2O4S2. The Balaban J connectivity index is 2.31. The zero-order valence-electron chi connectivity index (χ0n) is 12.0. The molecule has 0 saturated carbocycles. The first-order valence-electron chi connectivity index (χ1n) is 6.52. The number of thiocarbonyl (C=S) groups is 1. The van der Waals surface area contributed by atoms with Gasteiger partial charge in [0, 0.05) is 12.6 Å². The third-order valence-electron chi connectivity index (χ3n) is 2.92. The number of hydrogen-bond donors (Lipinski definition) is 1. The highest BCUT2D eigenvalue weighted by atomic mass is 32.2. The molecule has 6 nitrogen and oxygen atoms in total. The van der Waals surface area contributed by atoms with Gasteiger partial charge < -0.3 is 5.11 Å². The number of benzene rings is 1. The van der Waals surface area contributed by atoms with Crippen molar-refractivity contribution in [1.82, 2.24) is 4.90 Å². The molecule has 1 aromatic carbocycles. The first-order chi connectivity index (χ1) is 10.3. The van der Waals surface area contributed by atoms with Gasteiger partial charge in [0.25, 0.3) is 5.91 Å². The van der Waals surface area contributed by atoms with Crippen LogP contribution < -0.4 is 0 Å². The molecular weight excluding hydrogens is 324 g/mol. The number of carbonyl (C=O) groups is 1. The van der Waals surface area contributed by atoms with Crippen LogP contribution in [0.15, 0.2) is 23.1 Å². The quantitative estimate of drug-likeness (QED) is 0.393. The Morgan fingerprint density at radius 3 is 2.77 bits per heavy atom. The summed E-state index contributed by atoms with van der Waals surface area (Å²) < 4.78 is 0.484. The van der Waals surface area contributed by atoms with Crippen LogP contribution in [0.25, 0.3) is 6.08 Å². The summed E-state index contributed by atoms with van der Waals surface area (Å²) in [6.07, 6.45) is 1.55. The molecule has 0 aliphatic carbocycles. The Morgan fingerprint density at radius 1 is 1.50 bits per heavy atom. The molecule has 116 valence electrons. The minimum atomic E-state index is -0.670. The molecule has 1 saturated heterocycles. The molecule has 1 aliphatic heterocycles. The van der Waals surface area contributed by atoms with Crippen molar-refractivity contribution in [3.63, 3.8) is 0 Å². The zero-order chi connectivity index (χ0) is 16.4. The van der Waals surface area contributed by atoms with Crippen molar-refractivity contribution < 1.29 is 14.8 Å². The van der Waals surface area contributed by atoms with Gasteiger partial charge in [-0.3, -0.25) is 19.8 Å². The van der Waals surface area contributed by atoms with E-state index in [2.05, 4.69) is 0 Å². The van der Waals surface area contributed by atoms with Crippen LogP contribution in [-0.4, -0.2) is 31.7 Å². The number of aromatic hydroxyl groups is 1. The SMILES string of the molecule is CC(C)CN1C(=O)C(=Cc2ccc(O)c([N+](=O)[O-])c2)SC1=S. The van der Waals surface area contributed by atoms with Crippen molar-refractivity contribution in [1.29, 1.82) is 0 Å². The number of thioether (sulfide) groups is 1. The molecule has 2 rings (SSSR count). The molecule has 0 aromatic heterocycles. The van der Waals surface area contributed by atoms with Crippen molar-refractivity contribution in [3.05, 3.63) is 38.8 Å². The minimum absolute atomic E-state index is 0.195. The van der Waals surface area contributed by atoms with Crippen LogP contribution in [0, 0.1) is 16.0 Å². The molecule has 8 heteroatoms. The first-order valence-corrected chi connectivity index (χ1v) is 7.75. The Labute approximate surface area is 137 Å². The van der Waals surface area contributed by atoms with Crippen LogP contribution in [-0.2, 0) is 4.79 Å². The van der Waals surface area contributed by atoms with Crippen molar-refractivity contribution in [3.8, 4) is 5.75 Å². The van der Waals surface area contributed by atoms with Crippen LogP contribution in [0.5, 0.6) is 5.75 Å². The summed E-state index contributed by atoms with van der Waals surface area (Å²) in [6, 6.07) is 3.97. The maximum atomic E-state index is 12.3. The monoisotopic (exact) mass is 338 g/mol. The van der Waals surface area contributed by atoms with Crippen LogP contribution in [0.4, 0.5) is 5.69 Å². The molecule has 1 N–H and O–H groups in total. The van der Waals surface area contributed by atoms with E-state index in [1.54, 1.807) is 6.08 Å². The summed E-state index contributed by atoms with van der Waals surface area (Å²) in [5, 5.41) is 20.3. The molecule has 0 unspecified atom stereocenters. The Kier molecular flexibility index (Phi) is 4.82. The normalized spacial score (nSPS) is 16.9. The lowest BCUT2D eigenvalue weighted by Crippen LogP contribution is -2.31. The van der Waals surface area contributed by atoms with E-state index in [4.69, 9.17) is 12.2 Å². The second-order valence-corrected chi connectivity index (χ2v) is 6.87. The topological polar surface area (TPSA) is 83.7 Å². The van der Waals surface area contributed by atoms with Gasteiger partial charge in [0.15, 0.2) is 5.75 Å². The average Bonchev–Trinajstić information content (AvgIpc) is 2.68. The highest BCUT2D eigenvalue weighted by molar-refractivity contribution is 8.26. The molecule has 0 spiro atoms. The summed E-state index contributed by atoms with van der Waals surface area (Å²) in [5.74, 6) is -0.314. The average molecular weight is 338 g/mol. The predicted molar refractivity (Wildman–Crippen MR) is 89.5 cm³/mol. The molecule has 0 bridgehead atoms. The van der Waals surface area contributed by atoms with Gasteiger partial charge in [-0.1, -0.05) is 43.9 Å². The van der Waals surface area contributed by atoms with E-state index < -0.39 is 16.4 Å². The Hall–Kier alpha value is -1.93. The van der Waals surface area contributed by atoms with Crippen LogP contribution in [0.3, 0.4) is 0 Å². The Bertz CT molecular complexity index is 685. The van der Waals surface area contributed by atoms with Crippen LogP contribution in [0.2, 0.25) is 0 Å². The third-order valence-corrected chi connectivity index (χ3v) is 4.29. The molecule has 0 radical (unpaired) electrons. The summed E-state index contributed by atoms with van der Waals surface area (Å²) in [4.78, 5) is 24.4. The second kappa shape index (κ2) is 6.45. The summed E-state index contributed by atoms with van der Waals surface area (Å²) in [7, 11) is 0. The van der Waals surface area contributed by atoms with E-state index in [9.17, 15) is 20.0 Å². The number of rotatable bonds is 4. The largest absolute Gasteiger partial charge is 0.502 e. The smallest absolute Gasteiger partial charge is 0.311 e. The van der Waals surface area contributed by atoms with Gasteiger partial charge in [-0.05, 0) is 23.6 Å². The first kappa shape index (κ1) is 16.4. The van der Waals surface area contributed by atoms with Gasteiger partial charge in [0.05, 0.1) is 9.83 Å². The number of nitro groups is 1. The lowest BCUT2D eigenvalue weighted by Gasteiger charge is -2.16. The van der Waals surface area contributed by atoms with Gasteiger partial charge in [-0.15, -0.1) is 0 Å². The fraction of sp³-hybridized carbons (Fsp3) is 0.286. The summed E-state index contributed by atoms with van der Waals surface area (Å²) in [6.45, 7) is 4.52. The van der Waals surface area contributed by atoms with E-state index >= 15 is 0 Å². The van der Waals surface area contributed by atoms with Crippen LogP contribution in [0.1, 0.15) is 19.4 Å². The fourth-order valence-corrected chi connectivity index (χ4v) is 3.23. The number of amides is 1. The molecule has 0 atom stereocenters. The zero-order valence-corrected chi connectivity index (χ0v) is 13.6. The standard InChI is InChI=1S/C14H14N2O4S2/c1-8(2)7-15-13(18)12(22-14(15)21)6-9-3-4-11(17)10(5-9)16(19)20/h3-6,8,17H,7H2,1-2H3. The highest BCUT2D eigenvalue weighted by Gasteiger charge is 2.32. The van der Waals surface area contributed by atoms with Crippen LogP contribution >= 0.6 is 24.0 Å². The molecule has 1 amide bonds. The number of phenolic OH excluding ortho intramolecular Hbond substituents is 1. The number of hydrogen-bond acceptors (Lipinski definition) is 6. The van der Waals surface area contributed by atoms with Gasteiger partial charge >= 0.3 is 5.69 Å². The van der Waals surface area contributed by atoms with Gasteiger partial charge in [0.2, 0.25) is 0 Å². The highest BCUT2D eigenvalue weighted by Crippen LogP contribution is 2.34. The molecule has 1 heterocycles. The van der Waals surface area contributed by atoms with Crippen molar-refractivity contribution in [2.75, 3.05) is 6.54 Å². The number of nitrogens with zero attached hydrogens (tertiary/aromatic N) is 2. The third kappa shape index (κ3) is 3.45. The Morgan fingerprint density at radius 2 is 2.18 bits per heavy atom. The summed E-state index contributed by atoms with van der Waals surface area (Å²) >= 11 is 6.37. The lowest BCUT2D eigenvalue weighted by molar-refractivity contribution is -0.385. The molecule has 1 aliphatic rings. The maximum Gasteiger partial charge on any atom is 0.311 e. The predicted octanol–water partition coefficient (Wildman–Crippen LogP) is 3.16. The van der Waals surface area contributed by atoms with Crippen molar-refractivity contribution >= 4 is 46.0 Å². The van der Waals surface area contributed by atoms with Crippen molar-refractivity contribution in [2.24, 2.45) is 5.92 Å². The van der Waals surface area contributed by atoms with E-state index in [-0.39, 0.29) is 11.8 Å². The molecule has 1 aromatic rings. The van der Waals surface area contributed by atoms with Gasteiger partial charge in [0.1, 0.15) is 4.32 Å². The van der Waals surface area contributed by atoms with E-state index in [1.165, 1.54) is 34.9 Å². The molecule has 1 fully saturated rings. The number of phenols is 1. The molecule has 22 heavy (non-hydrogen) atoms. The van der Waals surface area contributed by atoms with E-state index in [1.807, 2.05) is 13.8 Å². The fourth-order valence-electron chi connectivity index (χ4n) is 1.95. The summed E-state index contributed by atoms with van der Waals surface area (Å²) in [5.41, 5.74) is 0.0703. The van der Waals surface area contributed by atoms with Gasteiger partial charge in [-0.25, -0.2) is 0 Å². The van der Waals surface area contributed by atoms with Gasteiger partial charge in [-0.2, -0.15) is 0 Å². The maximum absolute atomic E-state index is 12.3.